The van der Waals surface area contributed by atoms with E-state index in [1.807, 2.05) is 25.1 Å². The Balaban J connectivity index is 2.65. The van der Waals surface area contributed by atoms with Gasteiger partial charge in [0.25, 0.3) is 0 Å². The minimum absolute atomic E-state index is 0.0592. The molecule has 0 aliphatic rings. The molecule has 0 aliphatic heterocycles. The summed E-state index contributed by atoms with van der Waals surface area (Å²) in [6, 6.07) is 9.25. The molecule has 0 aromatic heterocycles. The number of ether oxygens (including phenoxy) is 1. The predicted molar refractivity (Wildman–Crippen MR) is 91.9 cm³/mol. The molecule has 0 spiro atoms. The van der Waals surface area contributed by atoms with Crippen LogP contribution in [-0.4, -0.2) is 42.7 Å². The van der Waals surface area contributed by atoms with E-state index in [1.165, 1.54) is 19.4 Å². The van der Waals surface area contributed by atoms with Gasteiger partial charge in [-0.25, -0.2) is 4.79 Å². The van der Waals surface area contributed by atoms with Crippen molar-refractivity contribution in [2.45, 2.75) is 53.1 Å². The van der Waals surface area contributed by atoms with Gasteiger partial charge in [-0.2, -0.15) is 0 Å². The van der Waals surface area contributed by atoms with Crippen LogP contribution in [0.25, 0.3) is 0 Å². The highest BCUT2D eigenvalue weighted by molar-refractivity contribution is 5.89. The second-order valence-corrected chi connectivity index (χ2v) is 6.22. The monoisotopic (exact) mass is 306 g/mol. The maximum Gasteiger partial charge on any atom is 0.338 e. The number of esters is 1. The molecule has 2 atom stereocenters. The van der Waals surface area contributed by atoms with Crippen molar-refractivity contribution in [3.05, 3.63) is 35.9 Å². The molecule has 0 saturated heterocycles. The first-order valence-corrected chi connectivity index (χ1v) is 8.68. The first-order valence-electron chi connectivity index (χ1n) is 8.68. The van der Waals surface area contributed by atoms with Gasteiger partial charge in [-0.05, 0) is 38.8 Å². The van der Waals surface area contributed by atoms with Crippen LogP contribution in [0.1, 0.15) is 57.3 Å². The number of benzene rings is 1. The molecule has 0 bridgehead atoms. The van der Waals surface area contributed by atoms with Gasteiger partial charge in [-0.1, -0.05) is 38.5 Å². The van der Waals surface area contributed by atoms with Crippen LogP contribution in [0, 0.1) is 0 Å². The fraction of sp³-hybridized carbons (Fsp3) is 0.632. The molecule has 124 valence electrons. The Kier molecular flexibility index (Phi) is 8.18. The summed E-state index contributed by atoms with van der Waals surface area (Å²) >= 11 is 0. The van der Waals surface area contributed by atoms with E-state index in [1.54, 1.807) is 12.1 Å². The van der Waals surface area contributed by atoms with Crippen molar-refractivity contribution in [3.8, 4) is 0 Å². The lowest BCUT2D eigenvalue weighted by atomic mass is 10.2. The third-order valence-corrected chi connectivity index (χ3v) is 4.32. The van der Waals surface area contributed by atoms with Crippen LogP contribution in [0.5, 0.6) is 0 Å². The highest BCUT2D eigenvalue weighted by Gasteiger charge is 2.28. The molecule has 0 heterocycles. The van der Waals surface area contributed by atoms with Crippen LogP contribution in [0.15, 0.2) is 30.3 Å². The van der Waals surface area contributed by atoms with Crippen molar-refractivity contribution < 1.29 is 14.0 Å². The van der Waals surface area contributed by atoms with Gasteiger partial charge in [0.15, 0.2) is 0 Å². The molecule has 3 heteroatoms. The second-order valence-electron chi connectivity index (χ2n) is 6.22. The van der Waals surface area contributed by atoms with Crippen molar-refractivity contribution in [2.24, 2.45) is 0 Å². The standard InChI is InChI=1S/C19H32NO2/c1-5-8-15-20(7-3,14-6-2)16-17(4)22-19(21)18-12-10-9-11-13-18/h9-13,17H,5-8,14-16H2,1-4H3/q+1. The van der Waals surface area contributed by atoms with Crippen LogP contribution < -0.4 is 0 Å². The van der Waals surface area contributed by atoms with Gasteiger partial charge in [-0.15, -0.1) is 0 Å². The summed E-state index contributed by atoms with van der Waals surface area (Å²) in [5.41, 5.74) is 0.632. The highest BCUT2D eigenvalue weighted by Crippen LogP contribution is 2.15. The lowest BCUT2D eigenvalue weighted by Gasteiger charge is -2.39. The molecule has 1 aromatic carbocycles. The first-order chi connectivity index (χ1) is 10.6. The number of nitrogens with zero attached hydrogens (tertiary/aromatic N) is 1. The van der Waals surface area contributed by atoms with Gasteiger partial charge >= 0.3 is 5.97 Å². The van der Waals surface area contributed by atoms with Crippen LogP contribution in [0.3, 0.4) is 0 Å². The Hall–Kier alpha value is -1.35. The average Bonchev–Trinajstić information content (AvgIpc) is 2.53. The molecular formula is C19H32NO2+. The summed E-state index contributed by atoms with van der Waals surface area (Å²) in [6.07, 6.45) is 3.54. The van der Waals surface area contributed by atoms with Gasteiger partial charge in [0.05, 0.1) is 25.2 Å². The Labute approximate surface area is 135 Å². The Morgan fingerprint density at radius 2 is 1.77 bits per heavy atom. The highest BCUT2D eigenvalue weighted by atomic mass is 16.5. The number of hydrogen-bond acceptors (Lipinski definition) is 2. The number of carbonyl (C=O) groups excluding carboxylic acids is 1. The van der Waals surface area contributed by atoms with Crippen molar-refractivity contribution in [3.63, 3.8) is 0 Å². The zero-order valence-corrected chi connectivity index (χ0v) is 14.7. The maximum atomic E-state index is 12.2. The van der Waals surface area contributed by atoms with Gasteiger partial charge in [0.2, 0.25) is 0 Å². The molecule has 0 fully saturated rings. The topological polar surface area (TPSA) is 26.3 Å². The van der Waals surface area contributed by atoms with E-state index < -0.39 is 0 Å². The van der Waals surface area contributed by atoms with E-state index >= 15 is 0 Å². The summed E-state index contributed by atoms with van der Waals surface area (Å²) in [6.45, 7) is 13.1. The van der Waals surface area contributed by atoms with Gasteiger partial charge in [-0.3, -0.25) is 0 Å². The minimum atomic E-state index is -0.214. The average molecular weight is 306 g/mol. The fourth-order valence-electron chi connectivity index (χ4n) is 3.12. The number of rotatable bonds is 10. The SMILES string of the molecule is CCCC[N+](CC)(CCC)CC(C)OC(=O)c1ccccc1. The molecule has 1 rings (SSSR count). The summed E-state index contributed by atoms with van der Waals surface area (Å²) in [5.74, 6) is -0.214. The van der Waals surface area contributed by atoms with Crippen LogP contribution in [-0.2, 0) is 4.74 Å². The van der Waals surface area contributed by atoms with Crippen molar-refractivity contribution in [1.29, 1.82) is 0 Å². The summed E-state index contributed by atoms with van der Waals surface area (Å²) in [5, 5.41) is 0. The third-order valence-electron chi connectivity index (χ3n) is 4.32. The molecule has 2 unspecified atom stereocenters. The normalized spacial score (nSPS) is 15.1. The van der Waals surface area contributed by atoms with E-state index in [9.17, 15) is 4.79 Å². The predicted octanol–water partition coefficient (Wildman–Crippen LogP) is 4.28. The van der Waals surface area contributed by atoms with Crippen molar-refractivity contribution in [2.75, 3.05) is 26.2 Å². The minimum Gasteiger partial charge on any atom is -0.453 e. The van der Waals surface area contributed by atoms with E-state index in [0.29, 0.717) is 5.56 Å². The quantitative estimate of drug-likeness (QED) is 0.476. The smallest absolute Gasteiger partial charge is 0.338 e. The largest absolute Gasteiger partial charge is 0.453 e. The second kappa shape index (κ2) is 9.62. The van der Waals surface area contributed by atoms with Crippen molar-refractivity contribution in [1.82, 2.24) is 0 Å². The number of quaternary nitrogens is 1. The molecule has 22 heavy (non-hydrogen) atoms. The first kappa shape index (κ1) is 18.7. The number of unbranched alkanes of at least 4 members (excludes halogenated alkanes) is 1. The summed E-state index contributed by atoms with van der Waals surface area (Å²) < 4.78 is 6.71. The molecule has 1 aromatic rings. The lowest BCUT2D eigenvalue weighted by molar-refractivity contribution is -0.929. The van der Waals surface area contributed by atoms with Gasteiger partial charge < -0.3 is 9.22 Å². The number of carbonyl (C=O) groups is 1. The van der Waals surface area contributed by atoms with Crippen molar-refractivity contribution >= 4 is 5.97 Å². The lowest BCUT2D eigenvalue weighted by Crippen LogP contribution is -2.53. The summed E-state index contributed by atoms with van der Waals surface area (Å²) in [4.78, 5) is 12.2. The number of hydrogen-bond donors (Lipinski definition) is 0. The number of likely N-dealkylation sites (N-methyl/N-ethyl adjacent to an activating group) is 1. The zero-order chi connectivity index (χ0) is 16.4. The molecule has 0 amide bonds. The molecule has 3 nitrogen and oxygen atoms in total. The maximum absolute atomic E-state index is 12.2. The van der Waals surface area contributed by atoms with Crippen LogP contribution in [0.4, 0.5) is 0 Å². The van der Waals surface area contributed by atoms with E-state index in [4.69, 9.17) is 4.74 Å². The van der Waals surface area contributed by atoms with Crippen LogP contribution >= 0.6 is 0 Å². The molecule has 0 aliphatic carbocycles. The zero-order valence-electron chi connectivity index (χ0n) is 14.7. The third kappa shape index (κ3) is 5.80. The molecule has 0 N–H and O–H groups in total. The Morgan fingerprint density at radius 3 is 2.32 bits per heavy atom. The van der Waals surface area contributed by atoms with Gasteiger partial charge in [0.1, 0.15) is 12.6 Å². The van der Waals surface area contributed by atoms with Crippen LogP contribution in [0.2, 0.25) is 0 Å². The van der Waals surface area contributed by atoms with E-state index in [2.05, 4.69) is 20.8 Å². The van der Waals surface area contributed by atoms with E-state index in [0.717, 1.165) is 30.5 Å². The molecular weight excluding hydrogens is 274 g/mol. The van der Waals surface area contributed by atoms with Gasteiger partial charge in [0, 0.05) is 0 Å². The Bertz CT molecular complexity index is 432. The van der Waals surface area contributed by atoms with E-state index in [-0.39, 0.29) is 12.1 Å². The molecule has 0 saturated carbocycles. The molecule has 0 radical (unpaired) electrons. The summed E-state index contributed by atoms with van der Waals surface area (Å²) in [7, 11) is 0. The fourth-order valence-corrected chi connectivity index (χ4v) is 3.12. The Morgan fingerprint density at radius 1 is 1.09 bits per heavy atom.